The fraction of sp³-hybridized carbons (Fsp3) is 0.158. The predicted molar refractivity (Wildman–Crippen MR) is 105 cm³/mol. The minimum atomic E-state index is -4.00. The number of sulfonamides is 1. The summed E-state index contributed by atoms with van der Waals surface area (Å²) in [6, 6.07) is 7.79. The van der Waals surface area contributed by atoms with E-state index in [-0.39, 0.29) is 22.0 Å². The van der Waals surface area contributed by atoms with Crippen LogP contribution in [-0.2, 0) is 21.2 Å². The first-order chi connectivity index (χ1) is 13.7. The Kier molecular flexibility index (Phi) is 5.94. The summed E-state index contributed by atoms with van der Waals surface area (Å²) in [6.45, 7) is 1.60. The van der Waals surface area contributed by atoms with Crippen LogP contribution in [0.3, 0.4) is 0 Å². The Balaban J connectivity index is 1.81. The Morgan fingerprint density at radius 2 is 1.93 bits per heavy atom. The largest absolute Gasteiger partial charge is 0.465 e. The van der Waals surface area contributed by atoms with Crippen LogP contribution >= 0.6 is 11.3 Å². The van der Waals surface area contributed by atoms with Gasteiger partial charge >= 0.3 is 5.97 Å². The second kappa shape index (κ2) is 8.26. The number of halogens is 2. The van der Waals surface area contributed by atoms with E-state index in [0.29, 0.717) is 16.0 Å². The lowest BCUT2D eigenvalue weighted by molar-refractivity contribution is 0.0600. The summed E-state index contributed by atoms with van der Waals surface area (Å²) in [4.78, 5) is 16.3. The van der Waals surface area contributed by atoms with E-state index in [0.717, 1.165) is 23.5 Å². The molecule has 10 heteroatoms. The molecule has 1 heterocycles. The van der Waals surface area contributed by atoms with Crippen LogP contribution in [0.25, 0.3) is 0 Å². The molecule has 0 amide bonds. The van der Waals surface area contributed by atoms with Gasteiger partial charge in [0, 0.05) is 17.5 Å². The van der Waals surface area contributed by atoms with Crippen molar-refractivity contribution in [2.24, 2.45) is 0 Å². The first-order valence-electron chi connectivity index (χ1n) is 8.30. The summed E-state index contributed by atoms with van der Waals surface area (Å²) >= 11 is 1.07. The number of ether oxygens (including phenoxy) is 1. The Morgan fingerprint density at radius 3 is 2.62 bits per heavy atom. The molecule has 29 heavy (non-hydrogen) atoms. The highest BCUT2D eigenvalue weighted by Crippen LogP contribution is 2.26. The second-order valence-electron chi connectivity index (χ2n) is 6.13. The lowest BCUT2D eigenvalue weighted by Gasteiger charge is -2.09. The number of nitrogens with zero attached hydrogens (tertiary/aromatic N) is 1. The van der Waals surface area contributed by atoms with Crippen LogP contribution in [0.4, 0.5) is 13.9 Å². The van der Waals surface area contributed by atoms with Crippen molar-refractivity contribution < 1.29 is 26.7 Å². The minimum Gasteiger partial charge on any atom is -0.465 e. The quantitative estimate of drug-likeness (QED) is 0.590. The molecule has 0 radical (unpaired) electrons. The summed E-state index contributed by atoms with van der Waals surface area (Å²) in [6.07, 6.45) is 1.73. The van der Waals surface area contributed by atoms with Crippen LogP contribution < -0.4 is 4.72 Å². The van der Waals surface area contributed by atoms with Crippen molar-refractivity contribution in [3.8, 4) is 0 Å². The maximum Gasteiger partial charge on any atom is 0.337 e. The average Bonchev–Trinajstić information content (AvgIpc) is 3.10. The van der Waals surface area contributed by atoms with Gasteiger partial charge in [-0.05, 0) is 42.3 Å². The van der Waals surface area contributed by atoms with Gasteiger partial charge in [0.05, 0.1) is 17.6 Å². The molecular formula is C19H16F2N2O4S2. The molecule has 152 valence electrons. The van der Waals surface area contributed by atoms with Crippen molar-refractivity contribution in [3.63, 3.8) is 0 Å². The van der Waals surface area contributed by atoms with E-state index in [1.807, 2.05) is 0 Å². The number of anilines is 1. The second-order valence-corrected chi connectivity index (χ2v) is 8.90. The van der Waals surface area contributed by atoms with Crippen LogP contribution in [0.15, 0.2) is 47.5 Å². The standard InChI is InChI=1S/C19H16F2N2O4S2/c1-11-3-5-13(18(24)27-2)9-17(11)29(25,26)23-19-22-10-14(28-19)7-12-4-6-15(20)16(21)8-12/h3-6,8-10H,7H2,1-2H3,(H,22,23). The van der Waals surface area contributed by atoms with E-state index in [9.17, 15) is 22.0 Å². The van der Waals surface area contributed by atoms with Gasteiger partial charge in [0.2, 0.25) is 0 Å². The number of carbonyl (C=O) groups excluding carboxylic acids is 1. The summed E-state index contributed by atoms with van der Waals surface area (Å²) < 4.78 is 58.9. The van der Waals surface area contributed by atoms with E-state index in [1.54, 1.807) is 6.92 Å². The number of hydrogen-bond acceptors (Lipinski definition) is 6. The van der Waals surface area contributed by atoms with E-state index in [2.05, 4.69) is 14.4 Å². The average molecular weight is 438 g/mol. The van der Waals surface area contributed by atoms with Crippen LogP contribution in [0.2, 0.25) is 0 Å². The highest BCUT2D eigenvalue weighted by molar-refractivity contribution is 7.93. The summed E-state index contributed by atoms with van der Waals surface area (Å²) in [5, 5.41) is 0.116. The molecule has 0 aliphatic rings. The number of nitrogens with one attached hydrogen (secondary N) is 1. The molecule has 0 atom stereocenters. The van der Waals surface area contributed by atoms with Crippen LogP contribution in [0, 0.1) is 18.6 Å². The van der Waals surface area contributed by atoms with Gasteiger partial charge in [0.25, 0.3) is 10.0 Å². The van der Waals surface area contributed by atoms with Gasteiger partial charge in [-0.2, -0.15) is 0 Å². The molecule has 0 unspecified atom stereocenters. The Morgan fingerprint density at radius 1 is 1.17 bits per heavy atom. The molecule has 0 saturated carbocycles. The zero-order chi connectivity index (χ0) is 21.2. The predicted octanol–water partition coefficient (Wildman–Crippen LogP) is 3.91. The molecule has 6 nitrogen and oxygen atoms in total. The van der Waals surface area contributed by atoms with Crippen LogP contribution in [0.5, 0.6) is 0 Å². The van der Waals surface area contributed by atoms with Crippen LogP contribution in [0.1, 0.15) is 26.4 Å². The van der Waals surface area contributed by atoms with Crippen molar-refractivity contribution in [1.82, 2.24) is 4.98 Å². The van der Waals surface area contributed by atoms with Gasteiger partial charge < -0.3 is 4.74 Å². The fourth-order valence-electron chi connectivity index (χ4n) is 2.59. The van der Waals surface area contributed by atoms with Gasteiger partial charge in [-0.25, -0.2) is 27.0 Å². The zero-order valence-electron chi connectivity index (χ0n) is 15.4. The smallest absolute Gasteiger partial charge is 0.337 e. The van der Waals surface area contributed by atoms with E-state index >= 15 is 0 Å². The number of esters is 1. The van der Waals surface area contributed by atoms with Crippen molar-refractivity contribution in [2.75, 3.05) is 11.8 Å². The molecule has 3 aromatic rings. The minimum absolute atomic E-state index is 0.0715. The monoisotopic (exact) mass is 438 g/mol. The molecule has 0 aliphatic carbocycles. The SMILES string of the molecule is COC(=O)c1ccc(C)c(S(=O)(=O)Nc2ncc(Cc3ccc(F)c(F)c3)s2)c1. The first kappa shape index (κ1) is 20.9. The number of methoxy groups -OCH3 is 1. The van der Waals surface area contributed by atoms with E-state index < -0.39 is 27.6 Å². The Labute approximate surface area is 170 Å². The molecule has 0 spiro atoms. The molecule has 0 aliphatic heterocycles. The van der Waals surface area contributed by atoms with Crippen molar-refractivity contribution in [2.45, 2.75) is 18.2 Å². The number of aromatic nitrogens is 1. The number of rotatable bonds is 6. The molecule has 0 saturated heterocycles. The van der Waals surface area contributed by atoms with Gasteiger partial charge in [-0.1, -0.05) is 12.1 Å². The highest BCUT2D eigenvalue weighted by Gasteiger charge is 2.21. The lowest BCUT2D eigenvalue weighted by atomic mass is 10.1. The number of carbonyl (C=O) groups is 1. The third-order valence-corrected chi connectivity index (χ3v) is 6.56. The molecule has 2 aromatic carbocycles. The molecule has 0 bridgehead atoms. The van der Waals surface area contributed by atoms with E-state index in [1.165, 1.54) is 37.6 Å². The topological polar surface area (TPSA) is 85.4 Å². The normalized spacial score (nSPS) is 11.3. The molecule has 0 fully saturated rings. The van der Waals surface area contributed by atoms with Gasteiger partial charge in [-0.3, -0.25) is 4.72 Å². The van der Waals surface area contributed by atoms with Crippen molar-refractivity contribution >= 4 is 32.5 Å². The summed E-state index contributed by atoms with van der Waals surface area (Å²) in [7, 11) is -2.79. The third kappa shape index (κ3) is 4.77. The first-order valence-corrected chi connectivity index (χ1v) is 10.6. The van der Waals surface area contributed by atoms with Crippen LogP contribution in [-0.4, -0.2) is 26.5 Å². The highest BCUT2D eigenvalue weighted by atomic mass is 32.2. The third-order valence-electron chi connectivity index (χ3n) is 4.04. The Hall–Kier alpha value is -2.85. The maximum absolute atomic E-state index is 13.3. The number of aryl methyl sites for hydroxylation is 1. The lowest BCUT2D eigenvalue weighted by Crippen LogP contribution is -2.15. The number of thiazole rings is 1. The molecular weight excluding hydrogens is 422 g/mol. The van der Waals surface area contributed by atoms with Crippen molar-refractivity contribution in [3.05, 3.63) is 75.8 Å². The number of hydrogen-bond donors (Lipinski definition) is 1. The van der Waals surface area contributed by atoms with Crippen molar-refractivity contribution in [1.29, 1.82) is 0 Å². The molecule has 1 aromatic heterocycles. The number of benzene rings is 2. The fourth-order valence-corrected chi connectivity index (χ4v) is 4.95. The van der Waals surface area contributed by atoms with Gasteiger partial charge in [0.15, 0.2) is 16.8 Å². The molecule has 1 N–H and O–H groups in total. The van der Waals surface area contributed by atoms with E-state index in [4.69, 9.17) is 0 Å². The summed E-state index contributed by atoms with van der Waals surface area (Å²) in [5.74, 6) is -2.53. The summed E-state index contributed by atoms with van der Waals surface area (Å²) in [5.41, 5.74) is 1.09. The molecule has 3 rings (SSSR count). The maximum atomic E-state index is 13.3. The Bertz CT molecular complexity index is 1180. The van der Waals surface area contributed by atoms with Gasteiger partial charge in [-0.15, -0.1) is 11.3 Å². The zero-order valence-corrected chi connectivity index (χ0v) is 17.0. The van der Waals surface area contributed by atoms with Gasteiger partial charge in [0.1, 0.15) is 0 Å².